The van der Waals surface area contributed by atoms with Gasteiger partial charge in [0.1, 0.15) is 12.4 Å². The van der Waals surface area contributed by atoms with E-state index >= 15 is 0 Å². The lowest BCUT2D eigenvalue weighted by Gasteiger charge is -2.35. The Morgan fingerprint density at radius 1 is 1.21 bits per heavy atom. The van der Waals surface area contributed by atoms with Crippen LogP contribution in [-0.2, 0) is 9.53 Å². The van der Waals surface area contributed by atoms with Crippen LogP contribution >= 0.6 is 0 Å². The van der Waals surface area contributed by atoms with Crippen LogP contribution in [0.4, 0.5) is 0 Å². The molecule has 1 amide bonds. The van der Waals surface area contributed by atoms with E-state index in [1.165, 1.54) is 0 Å². The molecule has 2 aliphatic heterocycles. The van der Waals surface area contributed by atoms with Crippen LogP contribution in [0.25, 0.3) is 0 Å². The first kappa shape index (κ1) is 17.2. The van der Waals surface area contributed by atoms with Crippen LogP contribution in [0.2, 0.25) is 0 Å². The average molecular weight is 333 g/mol. The molecule has 0 bridgehead atoms. The highest BCUT2D eigenvalue weighted by Crippen LogP contribution is 2.10. The summed E-state index contributed by atoms with van der Waals surface area (Å²) in [7, 11) is 0. The lowest BCUT2D eigenvalue weighted by Crippen LogP contribution is -2.51. The minimum Gasteiger partial charge on any atom is -0.492 e. The Balaban J connectivity index is 1.32. The van der Waals surface area contributed by atoms with E-state index in [0.717, 1.165) is 51.6 Å². The Labute approximate surface area is 143 Å². The van der Waals surface area contributed by atoms with Gasteiger partial charge in [-0.1, -0.05) is 18.2 Å². The summed E-state index contributed by atoms with van der Waals surface area (Å²) in [6, 6.07) is 10.1. The number of carbonyl (C=O) groups excluding carboxylic acids is 1. The molecule has 0 aliphatic carbocycles. The topological polar surface area (TPSA) is 54.0 Å². The number of amides is 1. The molecule has 1 aromatic carbocycles. The molecule has 2 fully saturated rings. The number of rotatable bonds is 6. The molecule has 0 spiro atoms. The van der Waals surface area contributed by atoms with Crippen molar-refractivity contribution in [1.82, 2.24) is 15.1 Å². The molecule has 24 heavy (non-hydrogen) atoms. The molecule has 2 aliphatic rings. The van der Waals surface area contributed by atoms with Gasteiger partial charge < -0.3 is 19.7 Å². The molecule has 6 heteroatoms. The molecule has 132 valence electrons. The zero-order valence-electron chi connectivity index (χ0n) is 14.2. The van der Waals surface area contributed by atoms with E-state index in [0.29, 0.717) is 19.6 Å². The van der Waals surface area contributed by atoms with Crippen molar-refractivity contribution < 1.29 is 14.3 Å². The molecule has 0 radical (unpaired) electrons. The van der Waals surface area contributed by atoms with E-state index in [-0.39, 0.29) is 11.9 Å². The van der Waals surface area contributed by atoms with Crippen LogP contribution in [0.1, 0.15) is 6.42 Å². The Hall–Kier alpha value is -1.63. The number of ether oxygens (including phenoxy) is 2. The molecular weight excluding hydrogens is 306 g/mol. The van der Waals surface area contributed by atoms with Crippen LogP contribution < -0.4 is 10.1 Å². The first-order chi connectivity index (χ1) is 11.8. The smallest absolute Gasteiger partial charge is 0.224 e. The van der Waals surface area contributed by atoms with Crippen molar-refractivity contribution in [3.63, 3.8) is 0 Å². The van der Waals surface area contributed by atoms with Gasteiger partial charge in [-0.25, -0.2) is 0 Å². The number of benzene rings is 1. The Bertz CT molecular complexity index is 497. The summed E-state index contributed by atoms with van der Waals surface area (Å²) in [6.07, 6.45) is 0.539. The van der Waals surface area contributed by atoms with Crippen molar-refractivity contribution in [3.05, 3.63) is 30.3 Å². The first-order valence-corrected chi connectivity index (χ1v) is 8.80. The van der Waals surface area contributed by atoms with Crippen molar-refractivity contribution in [2.24, 2.45) is 0 Å². The third kappa shape index (κ3) is 5.19. The van der Waals surface area contributed by atoms with Gasteiger partial charge in [0, 0.05) is 51.7 Å². The quantitative estimate of drug-likeness (QED) is 0.826. The molecule has 2 saturated heterocycles. The van der Waals surface area contributed by atoms with E-state index in [1.54, 1.807) is 0 Å². The summed E-state index contributed by atoms with van der Waals surface area (Å²) in [6.45, 7) is 7.24. The maximum Gasteiger partial charge on any atom is 0.224 e. The number of carbonyl (C=O) groups is 1. The minimum atomic E-state index is 0.170. The number of piperazine rings is 1. The summed E-state index contributed by atoms with van der Waals surface area (Å²) in [5, 5.41) is 3.34. The monoisotopic (exact) mass is 333 g/mol. The highest BCUT2D eigenvalue weighted by Gasteiger charge is 2.24. The molecule has 2 heterocycles. The summed E-state index contributed by atoms with van der Waals surface area (Å²) >= 11 is 0. The lowest BCUT2D eigenvalue weighted by atomic mass is 10.1. The van der Waals surface area contributed by atoms with Crippen molar-refractivity contribution >= 4 is 5.91 Å². The van der Waals surface area contributed by atoms with E-state index in [1.807, 2.05) is 35.2 Å². The third-order valence-corrected chi connectivity index (χ3v) is 4.56. The average Bonchev–Trinajstić information content (AvgIpc) is 2.64. The fourth-order valence-corrected chi connectivity index (χ4v) is 3.12. The molecule has 0 unspecified atom stereocenters. The van der Waals surface area contributed by atoms with Gasteiger partial charge in [0.25, 0.3) is 0 Å². The number of hydrogen-bond acceptors (Lipinski definition) is 5. The highest BCUT2D eigenvalue weighted by atomic mass is 16.5. The van der Waals surface area contributed by atoms with Gasteiger partial charge in [0.2, 0.25) is 5.91 Å². The van der Waals surface area contributed by atoms with Gasteiger partial charge in [-0.05, 0) is 12.1 Å². The van der Waals surface area contributed by atoms with Crippen LogP contribution in [-0.4, -0.2) is 80.8 Å². The van der Waals surface area contributed by atoms with Gasteiger partial charge in [-0.3, -0.25) is 9.69 Å². The number of hydrogen-bond donors (Lipinski definition) is 1. The fourth-order valence-electron chi connectivity index (χ4n) is 3.12. The van der Waals surface area contributed by atoms with Crippen molar-refractivity contribution in [3.8, 4) is 5.75 Å². The molecule has 3 rings (SSSR count). The number of para-hydroxylation sites is 1. The molecule has 1 atom stereocenters. The molecule has 1 N–H and O–H groups in total. The fraction of sp³-hybridized carbons (Fsp3) is 0.611. The normalized spacial score (nSPS) is 22.3. The number of nitrogens with one attached hydrogen (secondary N) is 1. The van der Waals surface area contributed by atoms with Crippen LogP contribution in [0.5, 0.6) is 5.75 Å². The van der Waals surface area contributed by atoms with E-state index in [9.17, 15) is 4.79 Å². The van der Waals surface area contributed by atoms with Crippen molar-refractivity contribution in [2.75, 3.05) is 59.1 Å². The largest absolute Gasteiger partial charge is 0.492 e. The van der Waals surface area contributed by atoms with Crippen LogP contribution in [0.3, 0.4) is 0 Å². The maximum absolute atomic E-state index is 12.4. The Kier molecular flexibility index (Phi) is 6.46. The Morgan fingerprint density at radius 2 is 2.00 bits per heavy atom. The summed E-state index contributed by atoms with van der Waals surface area (Å²) in [4.78, 5) is 16.7. The zero-order valence-corrected chi connectivity index (χ0v) is 14.2. The second-order valence-electron chi connectivity index (χ2n) is 6.31. The van der Waals surface area contributed by atoms with Gasteiger partial charge in [0.15, 0.2) is 0 Å². The second kappa shape index (κ2) is 9.01. The number of morpholine rings is 1. The zero-order chi connectivity index (χ0) is 16.6. The predicted molar refractivity (Wildman–Crippen MR) is 92.2 cm³/mol. The van der Waals surface area contributed by atoms with Crippen molar-refractivity contribution in [1.29, 1.82) is 0 Å². The van der Waals surface area contributed by atoms with E-state index in [2.05, 4.69) is 10.2 Å². The van der Waals surface area contributed by atoms with Crippen molar-refractivity contribution in [2.45, 2.75) is 12.5 Å². The Morgan fingerprint density at radius 3 is 2.71 bits per heavy atom. The maximum atomic E-state index is 12.4. The SMILES string of the molecule is O=C(C[C@H]1COCCN1)N1CCN(CCOc2ccccc2)CC1. The second-order valence-corrected chi connectivity index (χ2v) is 6.31. The molecule has 0 saturated carbocycles. The van der Waals surface area contributed by atoms with Crippen LogP contribution in [0.15, 0.2) is 30.3 Å². The van der Waals surface area contributed by atoms with Gasteiger partial charge in [0.05, 0.1) is 13.2 Å². The predicted octanol–water partition coefficient (Wildman–Crippen LogP) is 0.588. The van der Waals surface area contributed by atoms with Gasteiger partial charge in [-0.2, -0.15) is 0 Å². The number of nitrogens with zero attached hydrogens (tertiary/aromatic N) is 2. The first-order valence-electron chi connectivity index (χ1n) is 8.80. The summed E-state index contributed by atoms with van der Waals surface area (Å²) in [5.74, 6) is 1.15. The lowest BCUT2D eigenvalue weighted by molar-refractivity contribution is -0.134. The minimum absolute atomic E-state index is 0.170. The highest BCUT2D eigenvalue weighted by molar-refractivity contribution is 5.77. The van der Waals surface area contributed by atoms with E-state index in [4.69, 9.17) is 9.47 Å². The van der Waals surface area contributed by atoms with Gasteiger partial charge in [-0.15, -0.1) is 0 Å². The standard InChI is InChI=1S/C18H27N3O3/c22-18(14-16-15-23-12-6-19-16)21-9-7-20(8-10-21)11-13-24-17-4-2-1-3-5-17/h1-5,16,19H,6-15H2/t16-/m0/s1. The van der Waals surface area contributed by atoms with Crippen LogP contribution in [0, 0.1) is 0 Å². The van der Waals surface area contributed by atoms with E-state index < -0.39 is 0 Å². The molecular formula is C18H27N3O3. The summed E-state index contributed by atoms with van der Waals surface area (Å²) < 4.78 is 11.2. The third-order valence-electron chi connectivity index (χ3n) is 4.56. The van der Waals surface area contributed by atoms with Gasteiger partial charge >= 0.3 is 0 Å². The molecule has 0 aromatic heterocycles. The molecule has 1 aromatic rings. The summed E-state index contributed by atoms with van der Waals surface area (Å²) in [5.41, 5.74) is 0. The molecule has 6 nitrogen and oxygen atoms in total.